The number of para-hydroxylation sites is 1. The molecule has 5 rings (SSSR count). The summed E-state index contributed by atoms with van der Waals surface area (Å²) in [6, 6.07) is 18.6. The summed E-state index contributed by atoms with van der Waals surface area (Å²) >= 11 is 6.44. The van der Waals surface area contributed by atoms with Crippen LogP contribution in [-0.4, -0.2) is 36.9 Å². The van der Waals surface area contributed by atoms with Crippen molar-refractivity contribution in [1.82, 2.24) is 0 Å². The highest BCUT2D eigenvalue weighted by molar-refractivity contribution is 6.30. The quantitative estimate of drug-likeness (QED) is 0.375. The van der Waals surface area contributed by atoms with Crippen molar-refractivity contribution >= 4 is 46.4 Å². The van der Waals surface area contributed by atoms with Gasteiger partial charge in [-0.2, -0.15) is 0 Å². The monoisotopic (exact) mass is 560 g/mol. The van der Waals surface area contributed by atoms with Crippen molar-refractivity contribution in [3.05, 3.63) is 82.9 Å². The summed E-state index contributed by atoms with van der Waals surface area (Å²) in [7, 11) is 1.46. The number of halogens is 1. The van der Waals surface area contributed by atoms with E-state index in [1.807, 2.05) is 42.5 Å². The first-order valence-electron chi connectivity index (χ1n) is 13.2. The summed E-state index contributed by atoms with van der Waals surface area (Å²) in [5.41, 5.74) is 7.38. The van der Waals surface area contributed by atoms with Crippen molar-refractivity contribution in [3.63, 3.8) is 0 Å². The van der Waals surface area contributed by atoms with Gasteiger partial charge >= 0.3 is 0 Å². The molecular formula is C31H33ClN4O4. The molecule has 208 valence electrons. The number of carbonyl (C=O) groups excluding carboxylic acids is 3. The molecule has 0 saturated carbocycles. The van der Waals surface area contributed by atoms with Gasteiger partial charge in [-0.15, -0.1) is 0 Å². The Morgan fingerprint density at radius 3 is 2.55 bits per heavy atom. The summed E-state index contributed by atoms with van der Waals surface area (Å²) in [6.45, 7) is 6.40. The Hall–Kier alpha value is -4.04. The largest absolute Gasteiger partial charge is 0.495 e. The van der Waals surface area contributed by atoms with E-state index in [4.69, 9.17) is 22.1 Å². The van der Waals surface area contributed by atoms with E-state index in [0.29, 0.717) is 22.9 Å². The lowest BCUT2D eigenvalue weighted by Crippen LogP contribution is -2.50. The zero-order valence-corrected chi connectivity index (χ0v) is 23.7. The number of methoxy groups -OCH3 is 1. The normalized spacial score (nSPS) is 21.7. The van der Waals surface area contributed by atoms with E-state index < -0.39 is 17.4 Å². The van der Waals surface area contributed by atoms with E-state index in [1.54, 1.807) is 12.1 Å². The fraction of sp³-hybridized carbons (Fsp3) is 0.323. The third kappa shape index (κ3) is 4.77. The molecule has 4 N–H and O–H groups in total. The molecule has 1 fully saturated rings. The molecule has 2 heterocycles. The van der Waals surface area contributed by atoms with Gasteiger partial charge in [0, 0.05) is 28.0 Å². The van der Waals surface area contributed by atoms with Crippen LogP contribution in [0.1, 0.15) is 49.5 Å². The van der Waals surface area contributed by atoms with Crippen LogP contribution in [-0.2, 0) is 15.0 Å². The van der Waals surface area contributed by atoms with Gasteiger partial charge in [-0.25, -0.2) is 0 Å². The number of fused-ring (bicyclic) bond motifs is 2. The van der Waals surface area contributed by atoms with Crippen LogP contribution in [0.15, 0.2) is 66.7 Å². The van der Waals surface area contributed by atoms with Crippen molar-refractivity contribution in [2.75, 3.05) is 22.6 Å². The summed E-state index contributed by atoms with van der Waals surface area (Å²) in [6.07, 6.45) is 0.901. The lowest BCUT2D eigenvalue weighted by molar-refractivity contribution is -0.121. The topological polar surface area (TPSA) is 114 Å². The second-order valence-electron chi connectivity index (χ2n) is 11.6. The van der Waals surface area contributed by atoms with Crippen molar-refractivity contribution in [2.45, 2.75) is 51.1 Å². The maximum Gasteiger partial charge on any atom is 0.248 e. The predicted molar refractivity (Wildman–Crippen MR) is 157 cm³/mol. The number of primary amides is 1. The van der Waals surface area contributed by atoms with Crippen LogP contribution in [0.2, 0.25) is 5.02 Å². The van der Waals surface area contributed by atoms with E-state index in [-0.39, 0.29) is 35.3 Å². The first-order chi connectivity index (χ1) is 18.9. The van der Waals surface area contributed by atoms with Crippen LogP contribution in [0.4, 0.5) is 17.1 Å². The minimum absolute atomic E-state index is 0.117. The van der Waals surface area contributed by atoms with Gasteiger partial charge in [0.25, 0.3) is 0 Å². The lowest BCUT2D eigenvalue weighted by Gasteiger charge is -2.40. The molecule has 3 aromatic carbocycles. The molecule has 40 heavy (non-hydrogen) atoms. The maximum atomic E-state index is 14.2. The Morgan fingerprint density at radius 1 is 1.12 bits per heavy atom. The molecule has 3 atom stereocenters. The number of nitrogens with zero attached hydrogens (tertiary/aromatic N) is 1. The Kier molecular flexibility index (Phi) is 7.00. The van der Waals surface area contributed by atoms with E-state index >= 15 is 0 Å². The smallest absolute Gasteiger partial charge is 0.248 e. The van der Waals surface area contributed by atoms with Crippen molar-refractivity contribution in [2.24, 2.45) is 11.1 Å². The van der Waals surface area contributed by atoms with Gasteiger partial charge in [0.2, 0.25) is 17.7 Å². The number of nitrogens with one attached hydrogen (secondary N) is 2. The molecule has 2 aliphatic heterocycles. The first-order valence-corrected chi connectivity index (χ1v) is 13.6. The molecule has 3 aromatic rings. The van der Waals surface area contributed by atoms with Gasteiger partial charge in [0.1, 0.15) is 11.8 Å². The zero-order valence-electron chi connectivity index (χ0n) is 23.0. The molecule has 8 nitrogen and oxygen atoms in total. The Balaban J connectivity index is 1.64. The van der Waals surface area contributed by atoms with Gasteiger partial charge < -0.3 is 26.0 Å². The molecule has 0 aromatic heterocycles. The van der Waals surface area contributed by atoms with Crippen LogP contribution < -0.4 is 26.0 Å². The first kappa shape index (κ1) is 27.5. The predicted octanol–water partition coefficient (Wildman–Crippen LogP) is 5.36. The van der Waals surface area contributed by atoms with Crippen molar-refractivity contribution in [3.8, 4) is 5.75 Å². The Labute approximate surface area is 238 Å². The second-order valence-corrected chi connectivity index (χ2v) is 12.1. The van der Waals surface area contributed by atoms with Gasteiger partial charge in [0.15, 0.2) is 0 Å². The van der Waals surface area contributed by atoms with Crippen LogP contribution in [0, 0.1) is 5.41 Å². The van der Waals surface area contributed by atoms with E-state index in [0.717, 1.165) is 16.9 Å². The number of rotatable bonds is 6. The third-order valence-electron chi connectivity index (χ3n) is 7.78. The average Bonchev–Trinajstić information content (AvgIpc) is 3.38. The molecule has 9 heteroatoms. The molecule has 1 spiro atoms. The highest BCUT2D eigenvalue weighted by Gasteiger charge is 2.62. The van der Waals surface area contributed by atoms with Gasteiger partial charge in [-0.1, -0.05) is 56.6 Å². The summed E-state index contributed by atoms with van der Waals surface area (Å²) in [5.74, 6) is -0.717. The number of hydrogen-bond donors (Lipinski definition) is 3. The van der Waals surface area contributed by atoms with Gasteiger partial charge in [-0.05, 0) is 66.3 Å². The zero-order chi connectivity index (χ0) is 28.8. The Bertz CT molecular complexity index is 1500. The van der Waals surface area contributed by atoms with E-state index in [9.17, 15) is 14.4 Å². The minimum atomic E-state index is -0.964. The molecule has 3 amide bonds. The van der Waals surface area contributed by atoms with Crippen LogP contribution in [0.25, 0.3) is 0 Å². The van der Waals surface area contributed by atoms with Crippen molar-refractivity contribution in [1.29, 1.82) is 0 Å². The van der Waals surface area contributed by atoms with Gasteiger partial charge in [-0.3, -0.25) is 14.4 Å². The van der Waals surface area contributed by atoms with E-state index in [1.165, 1.54) is 19.2 Å². The summed E-state index contributed by atoms with van der Waals surface area (Å²) in [5, 5.41) is 6.61. The van der Waals surface area contributed by atoms with Crippen LogP contribution in [0.3, 0.4) is 0 Å². The molecule has 3 unspecified atom stereocenters. The SMILES string of the molecule is COc1cc(C(N)=O)ccc1NC(=O)C1CC2(C(=O)Nc3ccccc32)C(CC(C)(C)C)N1c1cccc(Cl)c1. The molecule has 2 aliphatic rings. The summed E-state index contributed by atoms with van der Waals surface area (Å²) in [4.78, 5) is 41.9. The lowest BCUT2D eigenvalue weighted by atomic mass is 9.69. The van der Waals surface area contributed by atoms with Crippen LogP contribution in [0.5, 0.6) is 5.75 Å². The highest BCUT2D eigenvalue weighted by Crippen LogP contribution is 2.54. The minimum Gasteiger partial charge on any atom is -0.495 e. The van der Waals surface area contributed by atoms with E-state index in [2.05, 4.69) is 36.3 Å². The Morgan fingerprint density at radius 2 is 1.88 bits per heavy atom. The number of nitrogens with two attached hydrogens (primary N) is 1. The number of anilines is 3. The molecule has 1 saturated heterocycles. The number of hydrogen-bond acceptors (Lipinski definition) is 5. The average molecular weight is 561 g/mol. The number of amides is 3. The fourth-order valence-corrected chi connectivity index (χ4v) is 6.28. The molecule has 0 aliphatic carbocycles. The highest BCUT2D eigenvalue weighted by atomic mass is 35.5. The molecule has 0 bridgehead atoms. The van der Waals surface area contributed by atoms with Crippen molar-refractivity contribution < 1.29 is 19.1 Å². The standard InChI is InChI=1S/C31H33ClN4O4/c1-30(2,3)17-26-31(21-10-5-6-11-22(21)35-29(31)39)16-24(36(26)20-9-7-8-19(32)15-20)28(38)34-23-13-12-18(27(33)37)14-25(23)40-4/h5-15,24,26H,16-17H2,1-4H3,(H2,33,37)(H,34,38)(H,35,39). The van der Waals surface area contributed by atoms with Gasteiger partial charge in [0.05, 0.1) is 18.2 Å². The number of benzene rings is 3. The third-order valence-corrected chi connectivity index (χ3v) is 8.01. The molecule has 0 radical (unpaired) electrons. The second kappa shape index (κ2) is 10.2. The van der Waals surface area contributed by atoms with Crippen LogP contribution >= 0.6 is 11.6 Å². The fourth-order valence-electron chi connectivity index (χ4n) is 6.10. The number of ether oxygens (including phenoxy) is 1. The number of carbonyl (C=O) groups is 3. The molecular weight excluding hydrogens is 528 g/mol. The maximum absolute atomic E-state index is 14.2. The summed E-state index contributed by atoms with van der Waals surface area (Å²) < 4.78 is 5.45.